The summed E-state index contributed by atoms with van der Waals surface area (Å²) in [4.78, 5) is 82.8. The van der Waals surface area contributed by atoms with E-state index in [2.05, 4.69) is 40.5 Å². The van der Waals surface area contributed by atoms with Crippen LogP contribution in [0.1, 0.15) is 102 Å². The number of likely N-dealkylation sites (N-methyl/N-ethyl adjacent to an activating group) is 1. The first-order chi connectivity index (χ1) is 28.5. The van der Waals surface area contributed by atoms with Gasteiger partial charge in [-0.1, -0.05) is 64.7 Å². The van der Waals surface area contributed by atoms with Crippen molar-refractivity contribution in [2.75, 3.05) is 55.5 Å². The fourth-order valence-corrected chi connectivity index (χ4v) is 5.57. The first-order valence-corrected chi connectivity index (χ1v) is 20.3. The predicted octanol–water partition coefficient (Wildman–Crippen LogP) is 5.86. The topological polar surface area (TPSA) is 219 Å². The van der Waals surface area contributed by atoms with Gasteiger partial charge in [-0.2, -0.15) is 0 Å². The predicted molar refractivity (Wildman–Crippen MR) is 222 cm³/mol. The van der Waals surface area contributed by atoms with E-state index in [0.717, 1.165) is 31.4 Å². The van der Waals surface area contributed by atoms with E-state index < -0.39 is 30.0 Å². The number of amides is 2. The minimum Gasteiger partial charge on any atom is -0.473 e. The third-order valence-electron chi connectivity index (χ3n) is 9.39. The van der Waals surface area contributed by atoms with Crippen LogP contribution in [0.15, 0.2) is 36.7 Å². The summed E-state index contributed by atoms with van der Waals surface area (Å²) in [7, 11) is 10.3. The van der Waals surface area contributed by atoms with Crippen molar-refractivity contribution in [2.24, 2.45) is 0 Å². The lowest BCUT2D eigenvalue weighted by Gasteiger charge is -2.28. The lowest BCUT2D eigenvalue weighted by Crippen LogP contribution is -2.37. The van der Waals surface area contributed by atoms with Crippen molar-refractivity contribution in [3.63, 3.8) is 0 Å². The number of ether oxygens (including phenoxy) is 4. The zero-order valence-corrected chi connectivity index (χ0v) is 36.6. The van der Waals surface area contributed by atoms with Gasteiger partial charge in [-0.3, -0.25) is 19.8 Å². The minimum atomic E-state index is -1.68. The molecule has 60 heavy (non-hydrogen) atoms. The molecule has 2 heterocycles. The van der Waals surface area contributed by atoms with Crippen LogP contribution >= 0.6 is 0 Å². The minimum absolute atomic E-state index is 0.0342. The van der Waals surface area contributed by atoms with Gasteiger partial charge in [0.05, 0.1) is 18.0 Å². The van der Waals surface area contributed by atoms with Gasteiger partial charge in [0, 0.05) is 65.8 Å². The number of carbonyl (C=O) groups excluding carboxylic acids is 4. The van der Waals surface area contributed by atoms with E-state index in [1.807, 2.05) is 4.90 Å². The zero-order valence-electron chi connectivity index (χ0n) is 36.6. The van der Waals surface area contributed by atoms with Crippen LogP contribution in [0.5, 0.6) is 11.5 Å². The van der Waals surface area contributed by atoms with E-state index >= 15 is 0 Å². The molecular formula is C42H66N6O12. The van der Waals surface area contributed by atoms with Gasteiger partial charge in [-0.25, -0.2) is 28.8 Å². The molecule has 0 saturated carbocycles. The Bertz CT molecular complexity index is 1630. The number of aromatic nitrogens is 2. The van der Waals surface area contributed by atoms with Gasteiger partial charge in [0.2, 0.25) is 0 Å². The molecule has 0 fully saturated rings. The van der Waals surface area contributed by atoms with E-state index in [-0.39, 0.29) is 37.6 Å². The molecule has 0 saturated heterocycles. The van der Waals surface area contributed by atoms with Gasteiger partial charge in [0.25, 0.3) is 0 Å². The molecule has 0 bridgehead atoms. The van der Waals surface area contributed by atoms with Crippen LogP contribution in [0.2, 0.25) is 0 Å². The molecule has 2 aromatic rings. The number of hydrogen-bond acceptors (Lipinski definition) is 14. The summed E-state index contributed by atoms with van der Waals surface area (Å²) in [5, 5.41) is 17.3. The SMILES string of the molecule is CCCCCCCC(C)N(C)Cc1ncccc1OC(=O)N(C)C.CN(C)C(=O)Oc1cccnc1CN(C)C(CCCCCCCOC(=O)C(=O)O)COC(=O)C(=O)O. The van der Waals surface area contributed by atoms with Crippen LogP contribution in [0.4, 0.5) is 9.59 Å². The Hall–Kier alpha value is -5.36. The number of esters is 2. The maximum absolute atomic E-state index is 12.0. The molecule has 2 atom stereocenters. The summed E-state index contributed by atoms with van der Waals surface area (Å²) in [6.07, 6.45) is 14.2. The number of unbranched alkanes of at least 4 members (excludes halogenated alkanes) is 8. The second-order valence-electron chi connectivity index (χ2n) is 14.9. The van der Waals surface area contributed by atoms with Crippen LogP contribution < -0.4 is 9.47 Å². The third-order valence-corrected chi connectivity index (χ3v) is 9.39. The van der Waals surface area contributed by atoms with Gasteiger partial charge >= 0.3 is 36.1 Å². The zero-order chi connectivity index (χ0) is 45.0. The number of aliphatic carboxylic acids is 2. The average Bonchev–Trinajstić information content (AvgIpc) is 3.20. The number of carbonyl (C=O) groups is 6. The molecule has 2 N–H and O–H groups in total. The summed E-state index contributed by atoms with van der Waals surface area (Å²) in [5.41, 5.74) is 1.29. The second kappa shape index (κ2) is 29.8. The van der Waals surface area contributed by atoms with E-state index in [0.29, 0.717) is 36.9 Å². The van der Waals surface area contributed by atoms with Crippen molar-refractivity contribution in [2.45, 2.75) is 116 Å². The molecule has 0 aliphatic rings. The maximum atomic E-state index is 12.0. The van der Waals surface area contributed by atoms with Crippen molar-refractivity contribution in [3.05, 3.63) is 48.0 Å². The molecule has 0 aliphatic heterocycles. The molecule has 2 rings (SSSR count). The van der Waals surface area contributed by atoms with Crippen molar-refractivity contribution in [1.29, 1.82) is 0 Å². The largest absolute Gasteiger partial charge is 0.473 e. The summed E-state index contributed by atoms with van der Waals surface area (Å²) >= 11 is 0. The monoisotopic (exact) mass is 846 g/mol. The van der Waals surface area contributed by atoms with Gasteiger partial charge < -0.3 is 39.0 Å². The molecule has 0 radical (unpaired) electrons. The highest BCUT2D eigenvalue weighted by atomic mass is 16.6. The maximum Gasteiger partial charge on any atom is 0.417 e. The fourth-order valence-electron chi connectivity index (χ4n) is 5.57. The highest BCUT2D eigenvalue weighted by Gasteiger charge is 2.23. The molecule has 2 unspecified atom stereocenters. The second-order valence-corrected chi connectivity index (χ2v) is 14.9. The third kappa shape index (κ3) is 22.1. The quantitative estimate of drug-likeness (QED) is 0.0718. The smallest absolute Gasteiger partial charge is 0.417 e. The Labute approximate surface area is 354 Å². The Morgan fingerprint density at radius 2 is 1.07 bits per heavy atom. The first kappa shape index (κ1) is 52.7. The number of hydrogen-bond donors (Lipinski definition) is 2. The van der Waals surface area contributed by atoms with Gasteiger partial charge in [0.1, 0.15) is 6.61 Å². The molecule has 0 spiro atoms. The molecular weight excluding hydrogens is 780 g/mol. The lowest BCUT2D eigenvalue weighted by atomic mass is 10.1. The number of carboxylic acid groups (broad SMARTS) is 2. The number of nitrogens with zero attached hydrogens (tertiary/aromatic N) is 6. The number of carboxylic acids is 2. The molecule has 0 aliphatic carbocycles. The van der Waals surface area contributed by atoms with E-state index in [1.54, 1.807) is 71.9 Å². The molecule has 2 aromatic heterocycles. The van der Waals surface area contributed by atoms with Gasteiger partial charge in [-0.05, 0) is 64.5 Å². The Kier molecular flexibility index (Phi) is 26.1. The van der Waals surface area contributed by atoms with Crippen molar-refractivity contribution >= 4 is 36.1 Å². The van der Waals surface area contributed by atoms with Crippen molar-refractivity contribution in [1.82, 2.24) is 29.6 Å². The van der Waals surface area contributed by atoms with Crippen LogP contribution in [0.3, 0.4) is 0 Å². The summed E-state index contributed by atoms with van der Waals surface area (Å²) in [6.45, 7) is 5.30. The van der Waals surface area contributed by atoms with Crippen molar-refractivity contribution < 1.29 is 57.9 Å². The number of pyridine rings is 2. The fraction of sp³-hybridized carbons (Fsp3) is 0.619. The van der Waals surface area contributed by atoms with E-state index in [4.69, 9.17) is 24.4 Å². The standard InChI is InChI=1S/C23H33N3O10.C19H33N3O2/c1-25(2)23(33)36-18-11-9-12-24-17(18)14-26(3)16(15-35-22(32)20(29)30)10-7-5-4-6-8-13-34-21(31)19(27)28;1-6-7-8-9-10-12-16(2)22(5)15-17-18(13-11-14-20-17)24-19(23)21(3)4/h9,11-12,16H,4-8,10,13-15H2,1-3H3,(H,27,28)(H,29,30);11,13-14,16H,6-10,12,15H2,1-5H3. The van der Waals surface area contributed by atoms with Crippen LogP contribution in [0.25, 0.3) is 0 Å². The van der Waals surface area contributed by atoms with Crippen LogP contribution in [0, 0.1) is 0 Å². The Balaban J connectivity index is 0.000000650. The van der Waals surface area contributed by atoms with Gasteiger partial charge in [-0.15, -0.1) is 0 Å². The number of rotatable bonds is 24. The summed E-state index contributed by atoms with van der Waals surface area (Å²) < 4.78 is 20.3. The van der Waals surface area contributed by atoms with E-state index in [1.165, 1.54) is 48.3 Å². The highest BCUT2D eigenvalue weighted by Crippen LogP contribution is 2.22. The molecule has 0 aromatic carbocycles. The van der Waals surface area contributed by atoms with Crippen LogP contribution in [-0.2, 0) is 41.7 Å². The Morgan fingerprint density at radius 3 is 1.57 bits per heavy atom. The normalized spacial score (nSPS) is 11.8. The summed E-state index contributed by atoms with van der Waals surface area (Å²) in [6, 6.07) is 6.99. The average molecular weight is 847 g/mol. The van der Waals surface area contributed by atoms with Gasteiger partial charge in [0.15, 0.2) is 11.5 Å². The Morgan fingerprint density at radius 1 is 0.617 bits per heavy atom. The molecule has 18 nitrogen and oxygen atoms in total. The first-order valence-electron chi connectivity index (χ1n) is 20.3. The van der Waals surface area contributed by atoms with Crippen LogP contribution in [-0.4, -0.2) is 143 Å². The van der Waals surface area contributed by atoms with E-state index in [9.17, 15) is 28.8 Å². The lowest BCUT2D eigenvalue weighted by molar-refractivity contribution is -0.165. The summed E-state index contributed by atoms with van der Waals surface area (Å²) in [5.74, 6) is -5.09. The molecule has 18 heteroatoms. The molecule has 336 valence electrons. The van der Waals surface area contributed by atoms with Crippen molar-refractivity contribution in [3.8, 4) is 11.5 Å². The molecule has 2 amide bonds. The highest BCUT2D eigenvalue weighted by molar-refractivity contribution is 6.29.